The van der Waals surface area contributed by atoms with Gasteiger partial charge in [-0.05, 0) is 24.3 Å². The third-order valence-electron chi connectivity index (χ3n) is 3.72. The highest BCUT2D eigenvalue weighted by atomic mass is 16.5. The molecule has 4 nitrogen and oxygen atoms in total. The summed E-state index contributed by atoms with van der Waals surface area (Å²) in [6.07, 6.45) is 1.21. The Morgan fingerprint density at radius 3 is 2.36 bits per heavy atom. The monoisotopic (exact) mass is 300 g/mol. The maximum Gasteiger partial charge on any atom is 0.131 e. The maximum absolute atomic E-state index is 10.4. The van der Waals surface area contributed by atoms with Crippen LogP contribution in [0, 0.1) is 0 Å². The Bertz CT molecular complexity index is 591. The number of aliphatic hydroxyl groups is 1. The zero-order chi connectivity index (χ0) is 15.3. The lowest BCUT2D eigenvalue weighted by molar-refractivity contribution is -0.0855. The van der Waals surface area contributed by atoms with E-state index in [2.05, 4.69) is 0 Å². The van der Waals surface area contributed by atoms with Gasteiger partial charge in [-0.3, -0.25) is 0 Å². The van der Waals surface area contributed by atoms with Gasteiger partial charge in [-0.15, -0.1) is 0 Å². The number of benzene rings is 2. The standard InChI is InChI=1S/C18H20O4/c19-18(9-11-20-12-10-18)14-21-16-7-4-8-17(13-16)22-15-5-2-1-3-6-15/h1-8,13,19H,9-12,14H2. The molecule has 3 rings (SSSR count). The summed E-state index contributed by atoms with van der Waals surface area (Å²) in [6, 6.07) is 17.0. The molecule has 2 aromatic carbocycles. The third-order valence-corrected chi connectivity index (χ3v) is 3.72. The van der Waals surface area contributed by atoms with Gasteiger partial charge in [0, 0.05) is 32.1 Å². The Balaban J connectivity index is 1.61. The zero-order valence-corrected chi connectivity index (χ0v) is 12.4. The van der Waals surface area contributed by atoms with Gasteiger partial charge >= 0.3 is 0 Å². The first-order valence-corrected chi connectivity index (χ1v) is 7.49. The Labute approximate surface area is 130 Å². The lowest BCUT2D eigenvalue weighted by atomic mass is 9.96. The van der Waals surface area contributed by atoms with Gasteiger partial charge < -0.3 is 19.3 Å². The average Bonchev–Trinajstić information content (AvgIpc) is 2.55. The summed E-state index contributed by atoms with van der Waals surface area (Å²) < 4.78 is 16.8. The van der Waals surface area contributed by atoms with Crippen molar-refractivity contribution in [2.45, 2.75) is 18.4 Å². The summed E-state index contributed by atoms with van der Waals surface area (Å²) in [4.78, 5) is 0. The van der Waals surface area contributed by atoms with E-state index in [0.29, 0.717) is 37.6 Å². The molecule has 0 amide bonds. The molecule has 0 bridgehead atoms. The average molecular weight is 300 g/mol. The summed E-state index contributed by atoms with van der Waals surface area (Å²) in [7, 11) is 0. The molecule has 0 atom stereocenters. The Morgan fingerprint density at radius 2 is 1.59 bits per heavy atom. The van der Waals surface area contributed by atoms with Crippen LogP contribution in [0.5, 0.6) is 17.2 Å². The predicted octanol–water partition coefficient (Wildman–Crippen LogP) is 3.40. The lowest BCUT2D eigenvalue weighted by Gasteiger charge is -2.31. The molecule has 1 heterocycles. The number of hydrogen-bond acceptors (Lipinski definition) is 4. The molecule has 0 unspecified atom stereocenters. The van der Waals surface area contributed by atoms with Crippen molar-refractivity contribution in [1.29, 1.82) is 0 Å². The molecule has 1 aliphatic rings. The fourth-order valence-electron chi connectivity index (χ4n) is 2.37. The van der Waals surface area contributed by atoms with Crippen molar-refractivity contribution >= 4 is 0 Å². The van der Waals surface area contributed by atoms with Gasteiger partial charge in [0.25, 0.3) is 0 Å². The minimum atomic E-state index is -0.797. The van der Waals surface area contributed by atoms with Crippen LogP contribution in [0.4, 0.5) is 0 Å². The summed E-state index contributed by atoms with van der Waals surface area (Å²) in [6.45, 7) is 1.43. The third kappa shape index (κ3) is 4.00. The second kappa shape index (κ2) is 6.81. The molecule has 0 aromatic heterocycles. The van der Waals surface area contributed by atoms with Gasteiger partial charge in [0.2, 0.25) is 0 Å². The van der Waals surface area contributed by atoms with Gasteiger partial charge in [-0.1, -0.05) is 24.3 Å². The molecule has 1 fully saturated rings. The van der Waals surface area contributed by atoms with Crippen molar-refractivity contribution in [2.75, 3.05) is 19.8 Å². The van der Waals surface area contributed by atoms with Crippen LogP contribution in [0.2, 0.25) is 0 Å². The van der Waals surface area contributed by atoms with E-state index in [1.807, 2.05) is 54.6 Å². The smallest absolute Gasteiger partial charge is 0.131 e. The van der Waals surface area contributed by atoms with Gasteiger partial charge in [0.1, 0.15) is 29.5 Å². The second-order valence-electron chi connectivity index (χ2n) is 5.52. The molecule has 0 spiro atoms. The minimum Gasteiger partial charge on any atom is -0.490 e. The minimum absolute atomic E-state index is 0.269. The molecule has 0 aliphatic carbocycles. The van der Waals surface area contributed by atoms with E-state index in [-0.39, 0.29) is 6.61 Å². The highest BCUT2D eigenvalue weighted by Crippen LogP contribution is 2.27. The van der Waals surface area contributed by atoms with Gasteiger partial charge in [-0.25, -0.2) is 0 Å². The zero-order valence-electron chi connectivity index (χ0n) is 12.4. The van der Waals surface area contributed by atoms with E-state index < -0.39 is 5.60 Å². The number of rotatable bonds is 5. The summed E-state index contributed by atoms with van der Waals surface area (Å²) in [5.41, 5.74) is -0.797. The predicted molar refractivity (Wildman–Crippen MR) is 83.5 cm³/mol. The molecule has 116 valence electrons. The molecular weight excluding hydrogens is 280 g/mol. The summed E-state index contributed by atoms with van der Waals surface area (Å²) in [5, 5.41) is 10.4. The topological polar surface area (TPSA) is 47.9 Å². The molecule has 1 aliphatic heterocycles. The van der Waals surface area contributed by atoms with E-state index >= 15 is 0 Å². The van der Waals surface area contributed by atoms with Crippen LogP contribution in [-0.2, 0) is 4.74 Å². The van der Waals surface area contributed by atoms with Crippen molar-refractivity contribution in [3.8, 4) is 17.2 Å². The van der Waals surface area contributed by atoms with Crippen molar-refractivity contribution in [3.63, 3.8) is 0 Å². The normalized spacial score (nSPS) is 17.0. The van der Waals surface area contributed by atoms with E-state index in [4.69, 9.17) is 14.2 Å². The first-order valence-electron chi connectivity index (χ1n) is 7.49. The molecule has 4 heteroatoms. The lowest BCUT2D eigenvalue weighted by Crippen LogP contribution is -2.41. The number of para-hydroxylation sites is 1. The van der Waals surface area contributed by atoms with Crippen LogP contribution >= 0.6 is 0 Å². The van der Waals surface area contributed by atoms with Crippen LogP contribution in [0.3, 0.4) is 0 Å². The van der Waals surface area contributed by atoms with Gasteiger partial charge in [0.05, 0.1) is 0 Å². The Kier molecular flexibility index (Phi) is 4.61. The molecule has 0 radical (unpaired) electrons. The molecule has 0 saturated carbocycles. The van der Waals surface area contributed by atoms with Crippen molar-refractivity contribution < 1.29 is 19.3 Å². The largest absolute Gasteiger partial charge is 0.490 e. The maximum atomic E-state index is 10.4. The van der Waals surface area contributed by atoms with E-state index in [1.54, 1.807) is 0 Å². The molecule has 1 saturated heterocycles. The second-order valence-corrected chi connectivity index (χ2v) is 5.52. The summed E-state index contributed by atoms with van der Waals surface area (Å²) >= 11 is 0. The van der Waals surface area contributed by atoms with Crippen molar-refractivity contribution in [1.82, 2.24) is 0 Å². The quantitative estimate of drug-likeness (QED) is 0.919. The fraction of sp³-hybridized carbons (Fsp3) is 0.333. The SMILES string of the molecule is OC1(COc2cccc(Oc3ccccc3)c2)CCOCC1. The van der Waals surface area contributed by atoms with Gasteiger partial charge in [-0.2, -0.15) is 0 Å². The fourth-order valence-corrected chi connectivity index (χ4v) is 2.37. The first kappa shape index (κ1) is 14.9. The van der Waals surface area contributed by atoms with Crippen LogP contribution in [-0.4, -0.2) is 30.5 Å². The number of ether oxygens (including phenoxy) is 3. The van der Waals surface area contributed by atoms with Crippen LogP contribution in [0.1, 0.15) is 12.8 Å². The van der Waals surface area contributed by atoms with Crippen molar-refractivity contribution in [2.24, 2.45) is 0 Å². The molecule has 2 aromatic rings. The van der Waals surface area contributed by atoms with E-state index in [9.17, 15) is 5.11 Å². The molecular formula is C18H20O4. The highest BCUT2D eigenvalue weighted by molar-refractivity contribution is 5.36. The molecule has 22 heavy (non-hydrogen) atoms. The highest BCUT2D eigenvalue weighted by Gasteiger charge is 2.30. The van der Waals surface area contributed by atoms with Crippen LogP contribution in [0.15, 0.2) is 54.6 Å². The first-order chi connectivity index (χ1) is 10.7. The van der Waals surface area contributed by atoms with Crippen LogP contribution < -0.4 is 9.47 Å². The van der Waals surface area contributed by atoms with E-state index in [0.717, 1.165) is 5.75 Å². The Morgan fingerprint density at radius 1 is 0.909 bits per heavy atom. The van der Waals surface area contributed by atoms with E-state index in [1.165, 1.54) is 0 Å². The van der Waals surface area contributed by atoms with Crippen molar-refractivity contribution in [3.05, 3.63) is 54.6 Å². The molecule has 1 N–H and O–H groups in total. The Hall–Kier alpha value is -2.04. The summed E-state index contributed by atoms with van der Waals surface area (Å²) in [5.74, 6) is 2.18. The van der Waals surface area contributed by atoms with Gasteiger partial charge in [0.15, 0.2) is 0 Å². The number of hydrogen-bond donors (Lipinski definition) is 1. The van der Waals surface area contributed by atoms with Crippen LogP contribution in [0.25, 0.3) is 0 Å².